The molecule has 0 fully saturated rings. The van der Waals surface area contributed by atoms with Crippen molar-refractivity contribution in [2.24, 2.45) is 0 Å². The fourth-order valence-corrected chi connectivity index (χ4v) is 1.95. The van der Waals surface area contributed by atoms with Crippen molar-refractivity contribution in [3.63, 3.8) is 0 Å². The van der Waals surface area contributed by atoms with Gasteiger partial charge in [-0.15, -0.1) is 0 Å². The Kier molecular flexibility index (Phi) is 2.45. The second-order valence-corrected chi connectivity index (χ2v) is 3.90. The fourth-order valence-electron chi connectivity index (χ4n) is 1.95. The summed E-state index contributed by atoms with van der Waals surface area (Å²) in [6, 6.07) is 6.88. The van der Waals surface area contributed by atoms with E-state index >= 15 is 0 Å². The van der Waals surface area contributed by atoms with Gasteiger partial charge in [0.1, 0.15) is 5.75 Å². The summed E-state index contributed by atoms with van der Waals surface area (Å²) in [4.78, 5) is 32.7. The fraction of sp³-hybridized carbons (Fsp3) is 0.0833. The molecule has 3 rings (SSSR count). The molecule has 2 aromatic heterocycles. The van der Waals surface area contributed by atoms with E-state index < -0.39 is 5.69 Å². The highest BCUT2D eigenvalue weighted by atomic mass is 16.5. The molecule has 0 radical (unpaired) electrons. The summed E-state index contributed by atoms with van der Waals surface area (Å²) in [6.07, 6.45) is 1.25. The van der Waals surface area contributed by atoms with Gasteiger partial charge in [0.05, 0.1) is 19.1 Å². The van der Waals surface area contributed by atoms with E-state index in [1.165, 1.54) is 18.0 Å². The Hall–Kier alpha value is -2.83. The molecule has 19 heavy (non-hydrogen) atoms. The quantitative estimate of drug-likeness (QED) is 0.696. The number of hydrogen-bond donors (Lipinski definition) is 2. The average Bonchev–Trinajstić information content (AvgIpc) is 2.76. The van der Waals surface area contributed by atoms with Crippen molar-refractivity contribution < 1.29 is 4.74 Å². The van der Waals surface area contributed by atoms with Crippen LogP contribution in [0.1, 0.15) is 0 Å². The van der Waals surface area contributed by atoms with Crippen LogP contribution in [0.25, 0.3) is 16.9 Å². The van der Waals surface area contributed by atoms with Crippen LogP contribution in [-0.2, 0) is 0 Å². The summed E-state index contributed by atoms with van der Waals surface area (Å²) in [5.74, 6) is 0.596. The van der Waals surface area contributed by atoms with E-state index in [0.29, 0.717) is 11.4 Å². The van der Waals surface area contributed by atoms with Gasteiger partial charge in [-0.25, -0.2) is 9.78 Å². The zero-order chi connectivity index (χ0) is 13.4. The summed E-state index contributed by atoms with van der Waals surface area (Å²) >= 11 is 0. The molecule has 0 spiro atoms. The van der Waals surface area contributed by atoms with Crippen molar-refractivity contribution in [2.45, 2.75) is 0 Å². The smallest absolute Gasteiger partial charge is 0.332 e. The normalized spacial score (nSPS) is 10.8. The summed E-state index contributed by atoms with van der Waals surface area (Å²) in [5.41, 5.74) is 0.157. The van der Waals surface area contributed by atoms with Crippen molar-refractivity contribution in [3.05, 3.63) is 51.4 Å². The van der Waals surface area contributed by atoms with E-state index in [1.54, 1.807) is 24.3 Å². The molecule has 2 heterocycles. The zero-order valence-electron chi connectivity index (χ0n) is 10.0. The molecule has 1 aromatic carbocycles. The highest BCUT2D eigenvalue weighted by Gasteiger charge is 2.13. The Morgan fingerprint density at radius 2 is 2.16 bits per heavy atom. The number of fused-ring (bicyclic) bond motifs is 1. The number of imidazole rings is 1. The number of aromatic amines is 2. The molecule has 96 valence electrons. The molecule has 0 aliphatic carbocycles. The molecule has 0 saturated heterocycles. The first-order valence-electron chi connectivity index (χ1n) is 5.53. The molecular formula is C12H10N4O3. The lowest BCUT2D eigenvalue weighted by Crippen LogP contribution is -2.18. The monoisotopic (exact) mass is 258 g/mol. The highest BCUT2D eigenvalue weighted by Crippen LogP contribution is 2.16. The lowest BCUT2D eigenvalue weighted by Gasteiger charge is -2.04. The highest BCUT2D eigenvalue weighted by molar-refractivity contribution is 5.71. The first kappa shape index (κ1) is 11.3. The van der Waals surface area contributed by atoms with Gasteiger partial charge < -0.3 is 9.72 Å². The molecule has 0 saturated carbocycles. The van der Waals surface area contributed by atoms with Gasteiger partial charge in [0.25, 0.3) is 5.56 Å². The molecule has 3 aromatic rings. The van der Waals surface area contributed by atoms with Crippen LogP contribution in [0.5, 0.6) is 5.75 Å². The average molecular weight is 258 g/mol. The van der Waals surface area contributed by atoms with Crippen molar-refractivity contribution in [1.82, 2.24) is 19.5 Å². The summed E-state index contributed by atoms with van der Waals surface area (Å²) in [7, 11) is 1.53. The minimum Gasteiger partial charge on any atom is -0.497 e. The lowest BCUT2D eigenvalue weighted by atomic mass is 10.3. The van der Waals surface area contributed by atoms with Crippen molar-refractivity contribution in [3.8, 4) is 11.4 Å². The molecule has 7 heteroatoms. The van der Waals surface area contributed by atoms with Gasteiger partial charge in [-0.05, 0) is 12.1 Å². The third kappa shape index (κ3) is 1.71. The van der Waals surface area contributed by atoms with E-state index in [4.69, 9.17) is 4.74 Å². The zero-order valence-corrected chi connectivity index (χ0v) is 10.0. The number of rotatable bonds is 2. The minimum atomic E-state index is -0.424. The summed E-state index contributed by atoms with van der Waals surface area (Å²) in [6.45, 7) is 0. The number of methoxy groups -OCH3 is 1. The van der Waals surface area contributed by atoms with E-state index in [0.717, 1.165) is 0 Å². The van der Waals surface area contributed by atoms with Crippen LogP contribution in [-0.4, -0.2) is 26.6 Å². The maximum absolute atomic E-state index is 12.0. The van der Waals surface area contributed by atoms with Gasteiger partial charge in [0, 0.05) is 6.07 Å². The van der Waals surface area contributed by atoms with Crippen LogP contribution in [0.4, 0.5) is 0 Å². The Labute approximate surface area is 106 Å². The maximum atomic E-state index is 12.0. The van der Waals surface area contributed by atoms with E-state index in [1.807, 2.05) is 0 Å². The Morgan fingerprint density at radius 1 is 1.32 bits per heavy atom. The number of nitrogens with one attached hydrogen (secondary N) is 2. The minimum absolute atomic E-state index is 0.181. The van der Waals surface area contributed by atoms with Crippen molar-refractivity contribution >= 4 is 11.2 Å². The largest absolute Gasteiger partial charge is 0.497 e. The Balaban J connectivity index is 2.39. The number of benzene rings is 1. The first-order chi connectivity index (χ1) is 9.20. The van der Waals surface area contributed by atoms with Gasteiger partial charge in [-0.2, -0.15) is 0 Å². The predicted octanol–water partition coefficient (Wildman–Crippen LogP) is 0.411. The molecular weight excluding hydrogens is 248 g/mol. The molecule has 0 amide bonds. The predicted molar refractivity (Wildman–Crippen MR) is 68.9 cm³/mol. The standard InChI is InChI=1S/C12H10N4O3/c1-19-8-4-2-3-7(5-8)16-9-10(15-12(16)18)13-6-14-11(9)17/h2-6H,1H3,(H2,13,14,15,17,18). The molecule has 0 bridgehead atoms. The van der Waals surface area contributed by atoms with Crippen LogP contribution in [0.3, 0.4) is 0 Å². The van der Waals surface area contributed by atoms with E-state index in [-0.39, 0.29) is 16.7 Å². The van der Waals surface area contributed by atoms with Crippen molar-refractivity contribution in [2.75, 3.05) is 7.11 Å². The van der Waals surface area contributed by atoms with Gasteiger partial charge in [-0.3, -0.25) is 14.3 Å². The topological polar surface area (TPSA) is 92.8 Å². The van der Waals surface area contributed by atoms with Crippen LogP contribution >= 0.6 is 0 Å². The maximum Gasteiger partial charge on any atom is 0.332 e. The second kappa shape index (κ2) is 4.13. The molecule has 2 N–H and O–H groups in total. The SMILES string of the molecule is COc1cccc(-n2c(=O)[nH]c3nc[nH]c(=O)c32)c1. The third-order valence-electron chi connectivity index (χ3n) is 2.79. The van der Waals surface area contributed by atoms with E-state index in [9.17, 15) is 9.59 Å². The number of ether oxygens (including phenoxy) is 1. The second-order valence-electron chi connectivity index (χ2n) is 3.90. The number of aromatic nitrogens is 4. The third-order valence-corrected chi connectivity index (χ3v) is 2.79. The summed E-state index contributed by atoms with van der Waals surface area (Å²) < 4.78 is 6.38. The van der Waals surface area contributed by atoms with Gasteiger partial charge in [-0.1, -0.05) is 6.07 Å². The van der Waals surface area contributed by atoms with Crippen LogP contribution in [0, 0.1) is 0 Å². The van der Waals surface area contributed by atoms with Crippen LogP contribution < -0.4 is 16.0 Å². The number of H-pyrrole nitrogens is 2. The van der Waals surface area contributed by atoms with Gasteiger partial charge in [0.15, 0.2) is 11.2 Å². The van der Waals surface area contributed by atoms with E-state index in [2.05, 4.69) is 15.0 Å². The number of nitrogens with zero attached hydrogens (tertiary/aromatic N) is 2. The van der Waals surface area contributed by atoms with Gasteiger partial charge in [0.2, 0.25) is 0 Å². The van der Waals surface area contributed by atoms with Crippen molar-refractivity contribution in [1.29, 1.82) is 0 Å². The molecule has 7 nitrogen and oxygen atoms in total. The van der Waals surface area contributed by atoms with Crippen LogP contribution in [0.15, 0.2) is 40.2 Å². The lowest BCUT2D eigenvalue weighted by molar-refractivity contribution is 0.414. The van der Waals surface area contributed by atoms with Gasteiger partial charge >= 0.3 is 5.69 Å². The molecule has 0 unspecified atom stereocenters. The Bertz CT molecular complexity index is 859. The molecule has 0 aliphatic rings. The summed E-state index contributed by atoms with van der Waals surface area (Å²) in [5, 5.41) is 0. The Morgan fingerprint density at radius 3 is 2.95 bits per heavy atom. The number of hydrogen-bond acceptors (Lipinski definition) is 4. The molecule has 0 aliphatic heterocycles. The van der Waals surface area contributed by atoms with Crippen LogP contribution in [0.2, 0.25) is 0 Å². The first-order valence-corrected chi connectivity index (χ1v) is 5.53. The molecule has 0 atom stereocenters.